The normalized spacial score (nSPS) is 20.7. The Hall–Kier alpha value is -2.41. The van der Waals surface area contributed by atoms with Crippen LogP contribution in [0.5, 0.6) is 0 Å². The summed E-state index contributed by atoms with van der Waals surface area (Å²) in [6.07, 6.45) is 3.14. The maximum Gasteiger partial charge on any atom is 0.405 e. The number of nitrogens with zero attached hydrogens (tertiary/aromatic N) is 1. The van der Waals surface area contributed by atoms with Crippen LogP contribution in [0.3, 0.4) is 0 Å². The van der Waals surface area contributed by atoms with Crippen LogP contribution in [0, 0.1) is 0 Å². The minimum Gasteiger partial charge on any atom is -0.304 e. The Kier molecular flexibility index (Phi) is 7.12. The van der Waals surface area contributed by atoms with E-state index in [1.54, 1.807) is 42.5 Å². The van der Waals surface area contributed by atoms with Gasteiger partial charge in [0.25, 0.3) is 0 Å². The van der Waals surface area contributed by atoms with Gasteiger partial charge in [-0.1, -0.05) is 82.1 Å². The molecule has 4 aromatic rings. The first-order valence-corrected chi connectivity index (χ1v) is 13.9. The van der Waals surface area contributed by atoms with Crippen molar-refractivity contribution in [2.75, 3.05) is 6.61 Å². The molecule has 1 aliphatic heterocycles. The molecule has 0 aliphatic carbocycles. The minimum absolute atomic E-state index is 0.0849. The van der Waals surface area contributed by atoms with Gasteiger partial charge in [-0.2, -0.15) is 8.78 Å². The van der Waals surface area contributed by atoms with Crippen molar-refractivity contribution in [1.82, 2.24) is 4.98 Å². The molecule has 184 valence electrons. The van der Waals surface area contributed by atoms with E-state index in [0.29, 0.717) is 27.2 Å². The molecule has 1 fully saturated rings. The third-order valence-electron chi connectivity index (χ3n) is 5.84. The van der Waals surface area contributed by atoms with Crippen molar-refractivity contribution in [3.63, 3.8) is 0 Å². The van der Waals surface area contributed by atoms with Crippen LogP contribution < -0.4 is 0 Å². The third-order valence-corrected chi connectivity index (χ3v) is 8.72. The largest absolute Gasteiger partial charge is 0.405 e. The van der Waals surface area contributed by atoms with Gasteiger partial charge in [-0.05, 0) is 47.5 Å². The summed E-state index contributed by atoms with van der Waals surface area (Å²) >= 11 is 9.27. The lowest BCUT2D eigenvalue weighted by atomic mass is 10.1. The number of hydrogen-bond acceptors (Lipinski definition) is 4. The molecule has 9 heteroatoms. The van der Waals surface area contributed by atoms with Crippen LogP contribution >= 0.6 is 35.1 Å². The van der Waals surface area contributed by atoms with E-state index in [0.717, 1.165) is 5.56 Å². The molecule has 0 amide bonds. The second-order valence-electron chi connectivity index (χ2n) is 8.31. The topological polar surface area (TPSA) is 48.4 Å². The van der Waals surface area contributed by atoms with Crippen LogP contribution in [0.25, 0.3) is 23.1 Å². The highest BCUT2D eigenvalue weighted by Crippen LogP contribution is 2.71. The zero-order chi connectivity index (χ0) is 25.3. The Morgan fingerprint density at radius 2 is 1.83 bits per heavy atom. The van der Waals surface area contributed by atoms with Crippen LogP contribution in [0.15, 0.2) is 83.3 Å². The average molecular weight is 591 g/mol. The first-order valence-electron chi connectivity index (χ1n) is 11.2. The number of fused-ring (bicyclic) bond motifs is 1. The number of aromatic nitrogens is 1. The summed E-state index contributed by atoms with van der Waals surface area (Å²) in [4.78, 5) is 4.52. The van der Waals surface area contributed by atoms with E-state index in [1.807, 2.05) is 36.4 Å². The first kappa shape index (κ1) is 25.2. The quantitative estimate of drug-likeness (QED) is 0.217. The van der Waals surface area contributed by atoms with Gasteiger partial charge in [-0.3, -0.25) is 9.09 Å². The van der Waals surface area contributed by atoms with Gasteiger partial charge in [0.2, 0.25) is 0 Å². The maximum absolute atomic E-state index is 15.8. The summed E-state index contributed by atoms with van der Waals surface area (Å²) in [7, 11) is -4.89. The van der Waals surface area contributed by atoms with Crippen molar-refractivity contribution in [3.8, 4) is 0 Å². The number of rotatable bonds is 5. The molecule has 0 bridgehead atoms. The predicted molar refractivity (Wildman–Crippen MR) is 142 cm³/mol. The van der Waals surface area contributed by atoms with E-state index in [1.165, 1.54) is 12.1 Å². The lowest BCUT2D eigenvalue weighted by Crippen LogP contribution is -2.24. The van der Waals surface area contributed by atoms with E-state index in [2.05, 4.69) is 20.9 Å². The highest BCUT2D eigenvalue weighted by molar-refractivity contribution is 9.10. The predicted octanol–water partition coefficient (Wildman–Crippen LogP) is 9.24. The van der Waals surface area contributed by atoms with Gasteiger partial charge in [-0.15, -0.1) is 0 Å². The van der Waals surface area contributed by atoms with E-state index in [-0.39, 0.29) is 17.5 Å². The van der Waals surface area contributed by atoms with Crippen molar-refractivity contribution in [3.05, 3.63) is 111 Å². The molecule has 2 heterocycles. The van der Waals surface area contributed by atoms with Gasteiger partial charge in [0.1, 0.15) is 0 Å². The van der Waals surface area contributed by atoms with Crippen molar-refractivity contribution in [2.24, 2.45) is 0 Å². The molecule has 4 nitrogen and oxygen atoms in total. The summed E-state index contributed by atoms with van der Waals surface area (Å²) in [6, 6.07) is 22.7. The van der Waals surface area contributed by atoms with Gasteiger partial charge in [0.05, 0.1) is 23.9 Å². The van der Waals surface area contributed by atoms with E-state index in [9.17, 15) is 4.57 Å². The molecule has 2 unspecified atom stereocenters. The van der Waals surface area contributed by atoms with Crippen LogP contribution in [0.1, 0.15) is 34.9 Å². The van der Waals surface area contributed by atoms with Crippen LogP contribution in [0.4, 0.5) is 8.78 Å². The molecule has 0 radical (unpaired) electrons. The molecule has 2 atom stereocenters. The fraction of sp³-hybridized carbons (Fsp3) is 0.148. The summed E-state index contributed by atoms with van der Waals surface area (Å²) in [6.45, 7) is -0.137. The third kappa shape index (κ3) is 5.04. The average Bonchev–Trinajstić information content (AvgIpc) is 2.87. The lowest BCUT2D eigenvalue weighted by molar-refractivity contribution is -0.00548. The van der Waals surface area contributed by atoms with Crippen LogP contribution in [-0.2, 0) is 19.3 Å². The number of halogens is 4. The van der Waals surface area contributed by atoms with E-state index >= 15 is 8.78 Å². The fourth-order valence-electron chi connectivity index (χ4n) is 3.99. The van der Waals surface area contributed by atoms with Crippen molar-refractivity contribution >= 4 is 58.2 Å². The Balaban J connectivity index is 1.48. The SMILES string of the molecule is O=P1(C(F)(F)c2cc3nc(C=Cc4ccccc4)ccc3cc2Br)OCCC(c2cccc(Cl)c2)O1. The number of hydrogen-bond donors (Lipinski definition) is 0. The summed E-state index contributed by atoms with van der Waals surface area (Å²) in [5, 5.41) is 1.09. The van der Waals surface area contributed by atoms with Crippen molar-refractivity contribution in [1.29, 1.82) is 0 Å². The highest BCUT2D eigenvalue weighted by atomic mass is 79.9. The van der Waals surface area contributed by atoms with Crippen LogP contribution in [-0.4, -0.2) is 11.6 Å². The Bertz CT molecular complexity index is 1500. The number of benzene rings is 3. The summed E-state index contributed by atoms with van der Waals surface area (Å²) < 4.78 is 55.9. The second-order valence-corrected chi connectivity index (χ2v) is 11.6. The fourth-order valence-corrected chi connectivity index (χ4v) is 6.69. The molecule has 36 heavy (non-hydrogen) atoms. The molecular formula is C27H20BrClF2NO3P. The molecule has 1 aliphatic rings. The molecule has 1 saturated heterocycles. The lowest BCUT2D eigenvalue weighted by Gasteiger charge is -2.34. The zero-order valence-electron chi connectivity index (χ0n) is 18.8. The molecule has 0 spiro atoms. The highest BCUT2D eigenvalue weighted by Gasteiger charge is 2.58. The van der Waals surface area contributed by atoms with Crippen LogP contribution in [0.2, 0.25) is 5.02 Å². The summed E-state index contributed by atoms with van der Waals surface area (Å²) in [5.74, 6) is 0. The Morgan fingerprint density at radius 3 is 2.61 bits per heavy atom. The van der Waals surface area contributed by atoms with E-state index < -0.39 is 24.9 Å². The number of alkyl halides is 2. The smallest absolute Gasteiger partial charge is 0.304 e. The molecule has 0 saturated carbocycles. The summed E-state index contributed by atoms with van der Waals surface area (Å²) in [5.41, 5.74) is -1.95. The maximum atomic E-state index is 15.8. The van der Waals surface area contributed by atoms with Crippen molar-refractivity contribution in [2.45, 2.75) is 18.2 Å². The molecule has 0 N–H and O–H groups in total. The Morgan fingerprint density at radius 1 is 1.03 bits per heavy atom. The van der Waals surface area contributed by atoms with Crippen molar-refractivity contribution < 1.29 is 22.4 Å². The Labute approximate surface area is 220 Å². The van der Waals surface area contributed by atoms with Gasteiger partial charge in [-0.25, -0.2) is 4.98 Å². The first-order chi connectivity index (χ1) is 17.2. The van der Waals surface area contributed by atoms with Gasteiger partial charge in [0.15, 0.2) is 0 Å². The molecule has 1 aromatic heterocycles. The number of pyridine rings is 1. The zero-order valence-corrected chi connectivity index (χ0v) is 22.0. The van der Waals surface area contributed by atoms with E-state index in [4.69, 9.17) is 20.6 Å². The molecule has 5 rings (SSSR count). The molecule has 3 aromatic carbocycles. The second kappa shape index (κ2) is 10.2. The monoisotopic (exact) mass is 589 g/mol. The van der Waals surface area contributed by atoms with Gasteiger partial charge < -0.3 is 4.52 Å². The van der Waals surface area contributed by atoms with Gasteiger partial charge >= 0.3 is 13.3 Å². The minimum atomic E-state index is -4.89. The van der Waals surface area contributed by atoms with Gasteiger partial charge in [0, 0.05) is 26.9 Å². The molecular weight excluding hydrogens is 571 g/mol. The standard InChI is InChI=1S/C27H20BrClF2NO3P/c28-24-16-19-10-12-22(11-9-18-5-2-1-3-6-18)32-25(19)17-23(24)27(30,31)36(33)34-14-13-26(35-36)20-7-4-8-21(29)15-20/h1-12,15-17,26H,13-14H2.